The molecule has 2 rings (SSSR count). The van der Waals surface area contributed by atoms with Gasteiger partial charge in [0.1, 0.15) is 6.29 Å². The SMILES string of the molecule is CCCCCCCCCCC(CCCCCCCCCC)(Sc1cccc(C=O)c1)C1CCCCC1. The van der Waals surface area contributed by atoms with Gasteiger partial charge in [0.05, 0.1) is 0 Å². The molecule has 1 aromatic carbocycles. The van der Waals surface area contributed by atoms with E-state index in [2.05, 4.69) is 43.8 Å². The lowest BCUT2D eigenvalue weighted by molar-refractivity contribution is 0.112. The molecule has 0 aliphatic heterocycles. The summed E-state index contributed by atoms with van der Waals surface area (Å²) in [6.07, 6.45) is 33.2. The molecule has 1 aromatic rings. The van der Waals surface area contributed by atoms with Gasteiger partial charge in [0.25, 0.3) is 0 Å². The van der Waals surface area contributed by atoms with Crippen molar-refractivity contribution in [2.45, 2.75) is 171 Å². The normalized spacial score (nSPS) is 14.8. The molecule has 1 nitrogen and oxygen atoms in total. The first-order chi connectivity index (χ1) is 17.7. The maximum atomic E-state index is 11.5. The van der Waals surface area contributed by atoms with Gasteiger partial charge in [-0.3, -0.25) is 4.79 Å². The zero-order valence-corrected chi connectivity index (χ0v) is 24.9. The first kappa shape index (κ1) is 31.5. The van der Waals surface area contributed by atoms with E-state index in [1.807, 2.05) is 6.07 Å². The Morgan fingerprint density at radius 3 is 1.72 bits per heavy atom. The van der Waals surface area contributed by atoms with Gasteiger partial charge < -0.3 is 0 Å². The molecular formula is C34H58OS. The molecule has 206 valence electrons. The zero-order valence-electron chi connectivity index (χ0n) is 24.0. The Hall–Kier alpha value is -0.760. The van der Waals surface area contributed by atoms with Crippen molar-refractivity contribution in [2.75, 3.05) is 0 Å². The number of thioether (sulfide) groups is 1. The molecule has 0 bridgehead atoms. The number of benzene rings is 1. The van der Waals surface area contributed by atoms with E-state index in [1.165, 1.54) is 153 Å². The van der Waals surface area contributed by atoms with Gasteiger partial charge in [-0.15, -0.1) is 11.8 Å². The Morgan fingerprint density at radius 2 is 1.22 bits per heavy atom. The molecule has 0 amide bonds. The Balaban J connectivity index is 2.02. The fraction of sp³-hybridized carbons (Fsp3) is 0.794. The summed E-state index contributed by atoms with van der Waals surface area (Å²) in [5, 5.41) is 0. The summed E-state index contributed by atoms with van der Waals surface area (Å²) in [5.41, 5.74) is 0.830. The first-order valence-electron chi connectivity index (χ1n) is 16.0. The second-order valence-electron chi connectivity index (χ2n) is 11.6. The third-order valence-electron chi connectivity index (χ3n) is 8.57. The van der Waals surface area contributed by atoms with E-state index in [0.29, 0.717) is 4.75 Å². The highest BCUT2D eigenvalue weighted by Crippen LogP contribution is 2.51. The fourth-order valence-electron chi connectivity index (χ4n) is 6.35. The van der Waals surface area contributed by atoms with Gasteiger partial charge in [0.15, 0.2) is 0 Å². The van der Waals surface area contributed by atoms with Crippen LogP contribution in [-0.2, 0) is 0 Å². The lowest BCUT2D eigenvalue weighted by Gasteiger charge is -2.43. The van der Waals surface area contributed by atoms with Crippen molar-refractivity contribution in [2.24, 2.45) is 5.92 Å². The molecule has 0 aromatic heterocycles. The summed E-state index contributed by atoms with van der Waals surface area (Å²) in [7, 11) is 0. The summed E-state index contributed by atoms with van der Waals surface area (Å²) in [6.45, 7) is 4.61. The molecule has 1 aliphatic rings. The smallest absolute Gasteiger partial charge is 0.150 e. The molecule has 0 spiro atoms. The van der Waals surface area contributed by atoms with Crippen molar-refractivity contribution in [1.82, 2.24) is 0 Å². The Kier molecular flexibility index (Phi) is 17.7. The number of carbonyl (C=O) groups excluding carboxylic acids is 1. The highest BCUT2D eigenvalue weighted by molar-refractivity contribution is 8.00. The summed E-state index contributed by atoms with van der Waals surface area (Å²) in [5.74, 6) is 0.838. The summed E-state index contributed by atoms with van der Waals surface area (Å²) in [6, 6.07) is 8.45. The van der Waals surface area contributed by atoms with Crippen molar-refractivity contribution in [3.05, 3.63) is 29.8 Å². The lowest BCUT2D eigenvalue weighted by Crippen LogP contribution is -2.36. The monoisotopic (exact) mass is 514 g/mol. The topological polar surface area (TPSA) is 17.1 Å². The van der Waals surface area contributed by atoms with Crippen LogP contribution in [-0.4, -0.2) is 11.0 Å². The van der Waals surface area contributed by atoms with Crippen LogP contribution in [0.2, 0.25) is 0 Å². The summed E-state index contributed by atoms with van der Waals surface area (Å²) in [4.78, 5) is 12.8. The van der Waals surface area contributed by atoms with Crippen LogP contribution in [0.4, 0.5) is 0 Å². The van der Waals surface area contributed by atoms with E-state index in [4.69, 9.17) is 0 Å². The van der Waals surface area contributed by atoms with Crippen molar-refractivity contribution < 1.29 is 4.79 Å². The maximum Gasteiger partial charge on any atom is 0.150 e. The number of carbonyl (C=O) groups is 1. The zero-order chi connectivity index (χ0) is 25.7. The average molecular weight is 515 g/mol. The van der Waals surface area contributed by atoms with Crippen molar-refractivity contribution in [1.29, 1.82) is 0 Å². The van der Waals surface area contributed by atoms with Crippen LogP contribution >= 0.6 is 11.8 Å². The largest absolute Gasteiger partial charge is 0.298 e. The molecule has 0 unspecified atom stereocenters. The number of rotatable bonds is 22. The van der Waals surface area contributed by atoms with E-state index < -0.39 is 0 Å². The predicted molar refractivity (Wildman–Crippen MR) is 161 cm³/mol. The molecule has 0 heterocycles. The van der Waals surface area contributed by atoms with E-state index in [1.54, 1.807) is 0 Å². The van der Waals surface area contributed by atoms with Crippen LogP contribution < -0.4 is 0 Å². The predicted octanol–water partition coefficient (Wildman–Crippen LogP) is 12.0. The van der Waals surface area contributed by atoms with Crippen LogP contribution in [0.15, 0.2) is 29.2 Å². The molecule has 0 atom stereocenters. The molecule has 1 aliphatic carbocycles. The highest BCUT2D eigenvalue weighted by atomic mass is 32.2. The Bertz CT molecular complexity index is 643. The highest BCUT2D eigenvalue weighted by Gasteiger charge is 2.39. The Morgan fingerprint density at radius 1 is 0.722 bits per heavy atom. The van der Waals surface area contributed by atoms with E-state index in [9.17, 15) is 4.79 Å². The molecule has 0 radical (unpaired) electrons. The van der Waals surface area contributed by atoms with Gasteiger partial charge >= 0.3 is 0 Å². The van der Waals surface area contributed by atoms with Gasteiger partial charge in [-0.05, 0) is 43.7 Å². The van der Waals surface area contributed by atoms with E-state index >= 15 is 0 Å². The molecule has 1 fully saturated rings. The molecule has 2 heteroatoms. The number of hydrogen-bond donors (Lipinski definition) is 0. The molecule has 36 heavy (non-hydrogen) atoms. The minimum absolute atomic E-state index is 0.354. The second kappa shape index (κ2) is 20.2. The minimum Gasteiger partial charge on any atom is -0.298 e. The third-order valence-corrected chi connectivity index (χ3v) is 10.2. The second-order valence-corrected chi connectivity index (χ2v) is 13.1. The van der Waals surface area contributed by atoms with E-state index in [0.717, 1.165) is 17.8 Å². The van der Waals surface area contributed by atoms with E-state index in [-0.39, 0.29) is 0 Å². The van der Waals surface area contributed by atoms with Crippen LogP contribution in [0.1, 0.15) is 172 Å². The fourth-order valence-corrected chi connectivity index (χ4v) is 8.06. The van der Waals surface area contributed by atoms with Gasteiger partial charge in [-0.2, -0.15) is 0 Å². The van der Waals surface area contributed by atoms with Gasteiger partial charge in [-0.1, -0.05) is 148 Å². The lowest BCUT2D eigenvalue weighted by atomic mass is 9.74. The Labute approximate surface area is 229 Å². The van der Waals surface area contributed by atoms with Gasteiger partial charge in [0, 0.05) is 15.2 Å². The van der Waals surface area contributed by atoms with Crippen LogP contribution in [0.3, 0.4) is 0 Å². The number of unbranched alkanes of at least 4 members (excludes halogenated alkanes) is 14. The van der Waals surface area contributed by atoms with Gasteiger partial charge in [-0.25, -0.2) is 0 Å². The number of hydrogen-bond acceptors (Lipinski definition) is 2. The minimum atomic E-state index is 0.354. The standard InChI is InChI=1S/C34H58OS/c1-3-5-7-9-11-13-15-20-27-34(32-24-18-17-19-25-32,28-21-16-14-12-10-8-6-4-2)36-33-26-22-23-31(29-33)30-35/h22-23,26,29-30,32H,3-21,24-25,27-28H2,1-2H3. The maximum absolute atomic E-state index is 11.5. The summed E-state index contributed by atoms with van der Waals surface area (Å²) < 4.78 is 0.354. The molecular weight excluding hydrogens is 456 g/mol. The van der Waals surface area contributed by atoms with Crippen molar-refractivity contribution >= 4 is 18.0 Å². The van der Waals surface area contributed by atoms with Crippen molar-refractivity contribution in [3.63, 3.8) is 0 Å². The molecule has 0 saturated heterocycles. The third kappa shape index (κ3) is 12.7. The molecule has 1 saturated carbocycles. The van der Waals surface area contributed by atoms with Crippen LogP contribution in [0, 0.1) is 5.92 Å². The average Bonchev–Trinajstić information content (AvgIpc) is 2.92. The van der Waals surface area contributed by atoms with Crippen LogP contribution in [0.25, 0.3) is 0 Å². The first-order valence-corrected chi connectivity index (χ1v) is 16.8. The van der Waals surface area contributed by atoms with Crippen LogP contribution in [0.5, 0.6) is 0 Å². The van der Waals surface area contributed by atoms with Gasteiger partial charge in [0.2, 0.25) is 0 Å². The number of aldehydes is 1. The summed E-state index contributed by atoms with van der Waals surface area (Å²) >= 11 is 2.16. The quantitative estimate of drug-likeness (QED) is 0.0869. The van der Waals surface area contributed by atoms with Crippen molar-refractivity contribution in [3.8, 4) is 0 Å². The molecule has 0 N–H and O–H groups in total.